The number of hydrogen-bond donors (Lipinski definition) is 1. The smallest absolute Gasteiger partial charge is 0.145 e. The van der Waals surface area contributed by atoms with Crippen molar-refractivity contribution in [2.24, 2.45) is 5.73 Å². The molecule has 0 radical (unpaired) electrons. The maximum absolute atomic E-state index is 6.00. The van der Waals surface area contributed by atoms with Gasteiger partial charge in [-0.2, -0.15) is 0 Å². The topological polar surface area (TPSA) is 48.1 Å². The van der Waals surface area contributed by atoms with Gasteiger partial charge in [0.05, 0.1) is 11.9 Å². The number of aromatic nitrogens is 1. The molecular formula is C15H17ClN2O. The summed E-state index contributed by atoms with van der Waals surface area (Å²) in [5.41, 5.74) is 8.61. The minimum atomic E-state index is -0.0759. The fourth-order valence-electron chi connectivity index (χ4n) is 1.90. The van der Waals surface area contributed by atoms with E-state index in [2.05, 4.69) is 4.98 Å². The summed E-state index contributed by atoms with van der Waals surface area (Å²) in [6, 6.07) is 7.44. The molecule has 0 aliphatic heterocycles. The number of nitrogens with two attached hydrogens (primary N) is 1. The maximum atomic E-state index is 6.00. The van der Waals surface area contributed by atoms with Crippen LogP contribution in [0.1, 0.15) is 29.8 Å². The Morgan fingerprint density at radius 1 is 1.21 bits per heavy atom. The first-order valence-corrected chi connectivity index (χ1v) is 6.51. The van der Waals surface area contributed by atoms with Crippen molar-refractivity contribution in [3.63, 3.8) is 0 Å². The normalized spacial score (nSPS) is 12.3. The Kier molecular flexibility index (Phi) is 4.08. The average Bonchev–Trinajstić information content (AvgIpc) is 2.34. The van der Waals surface area contributed by atoms with Crippen LogP contribution in [0, 0.1) is 13.8 Å². The SMILES string of the molecule is Cc1cc(Cl)cc(C)c1Oc1ccc(C(C)N)nc1. The monoisotopic (exact) mass is 276 g/mol. The minimum absolute atomic E-state index is 0.0759. The van der Waals surface area contributed by atoms with Gasteiger partial charge in [0.2, 0.25) is 0 Å². The van der Waals surface area contributed by atoms with Gasteiger partial charge >= 0.3 is 0 Å². The molecule has 2 aromatic rings. The molecule has 4 heteroatoms. The van der Waals surface area contributed by atoms with Crippen molar-refractivity contribution in [2.45, 2.75) is 26.8 Å². The minimum Gasteiger partial charge on any atom is -0.455 e. The van der Waals surface area contributed by atoms with Gasteiger partial charge in [-0.15, -0.1) is 0 Å². The third-order valence-corrected chi connectivity index (χ3v) is 3.09. The predicted molar refractivity (Wildman–Crippen MR) is 77.8 cm³/mol. The van der Waals surface area contributed by atoms with E-state index in [0.717, 1.165) is 22.6 Å². The van der Waals surface area contributed by atoms with Crippen molar-refractivity contribution in [3.8, 4) is 11.5 Å². The summed E-state index contributed by atoms with van der Waals surface area (Å²) in [7, 11) is 0. The standard InChI is InChI=1S/C15H17ClN2O/c1-9-6-12(16)7-10(2)15(9)19-13-4-5-14(11(3)17)18-8-13/h4-8,11H,17H2,1-3H3. The molecule has 1 aromatic carbocycles. The number of rotatable bonds is 3. The van der Waals surface area contributed by atoms with Crippen LogP contribution < -0.4 is 10.5 Å². The van der Waals surface area contributed by atoms with Gasteiger partial charge in [0.1, 0.15) is 11.5 Å². The molecule has 0 amide bonds. The summed E-state index contributed by atoms with van der Waals surface area (Å²) in [4.78, 5) is 4.28. The van der Waals surface area contributed by atoms with Crippen LogP contribution >= 0.6 is 11.6 Å². The predicted octanol–water partition coefficient (Wildman–Crippen LogP) is 4.16. The van der Waals surface area contributed by atoms with E-state index in [-0.39, 0.29) is 6.04 Å². The zero-order chi connectivity index (χ0) is 14.0. The Morgan fingerprint density at radius 3 is 2.32 bits per heavy atom. The summed E-state index contributed by atoms with van der Waals surface area (Å²) in [5, 5.41) is 0.716. The Balaban J connectivity index is 2.26. The van der Waals surface area contributed by atoms with Crippen molar-refractivity contribution in [3.05, 3.63) is 52.3 Å². The van der Waals surface area contributed by atoms with Crippen LogP contribution in [0.4, 0.5) is 0 Å². The van der Waals surface area contributed by atoms with Gasteiger partial charge < -0.3 is 10.5 Å². The highest BCUT2D eigenvalue weighted by molar-refractivity contribution is 6.30. The molecule has 3 nitrogen and oxygen atoms in total. The van der Waals surface area contributed by atoms with E-state index in [1.807, 2.05) is 45.0 Å². The van der Waals surface area contributed by atoms with Gasteiger partial charge in [0, 0.05) is 11.1 Å². The highest BCUT2D eigenvalue weighted by atomic mass is 35.5. The highest BCUT2D eigenvalue weighted by Crippen LogP contribution is 2.31. The molecule has 2 N–H and O–H groups in total. The lowest BCUT2D eigenvalue weighted by Crippen LogP contribution is -2.06. The number of benzene rings is 1. The molecule has 1 unspecified atom stereocenters. The van der Waals surface area contributed by atoms with Crippen LogP contribution in [0.2, 0.25) is 5.02 Å². The number of aryl methyl sites for hydroxylation is 2. The molecule has 0 spiro atoms. The largest absolute Gasteiger partial charge is 0.455 e. The summed E-state index contributed by atoms with van der Waals surface area (Å²) in [6.45, 7) is 5.84. The van der Waals surface area contributed by atoms with E-state index in [0.29, 0.717) is 10.8 Å². The van der Waals surface area contributed by atoms with Crippen molar-refractivity contribution in [1.29, 1.82) is 0 Å². The first-order valence-electron chi connectivity index (χ1n) is 6.13. The van der Waals surface area contributed by atoms with Crippen LogP contribution in [0.3, 0.4) is 0 Å². The molecule has 0 fully saturated rings. The van der Waals surface area contributed by atoms with E-state index in [1.165, 1.54) is 0 Å². The van der Waals surface area contributed by atoms with Gasteiger partial charge in [0.25, 0.3) is 0 Å². The second-order valence-electron chi connectivity index (χ2n) is 4.68. The Hall–Kier alpha value is -1.58. The van der Waals surface area contributed by atoms with Gasteiger partial charge in [-0.3, -0.25) is 4.98 Å². The molecule has 0 saturated heterocycles. The van der Waals surface area contributed by atoms with Gasteiger partial charge in [0.15, 0.2) is 0 Å². The zero-order valence-electron chi connectivity index (χ0n) is 11.3. The number of nitrogens with zero attached hydrogens (tertiary/aromatic N) is 1. The maximum Gasteiger partial charge on any atom is 0.145 e. The van der Waals surface area contributed by atoms with Crippen LogP contribution in [0.25, 0.3) is 0 Å². The lowest BCUT2D eigenvalue weighted by atomic mass is 10.1. The van der Waals surface area contributed by atoms with Gasteiger partial charge in [-0.25, -0.2) is 0 Å². The molecule has 1 atom stereocenters. The molecular weight excluding hydrogens is 260 g/mol. The van der Waals surface area contributed by atoms with Crippen molar-refractivity contribution < 1.29 is 4.74 Å². The van der Waals surface area contributed by atoms with Crippen LogP contribution in [-0.2, 0) is 0 Å². The van der Waals surface area contributed by atoms with Crippen LogP contribution in [0.5, 0.6) is 11.5 Å². The highest BCUT2D eigenvalue weighted by Gasteiger charge is 2.08. The zero-order valence-corrected chi connectivity index (χ0v) is 12.0. The van der Waals surface area contributed by atoms with Crippen molar-refractivity contribution >= 4 is 11.6 Å². The van der Waals surface area contributed by atoms with E-state index in [4.69, 9.17) is 22.1 Å². The van der Waals surface area contributed by atoms with E-state index in [1.54, 1.807) is 6.20 Å². The first kappa shape index (κ1) is 13.8. The fraction of sp³-hybridized carbons (Fsp3) is 0.267. The van der Waals surface area contributed by atoms with E-state index >= 15 is 0 Å². The van der Waals surface area contributed by atoms with Crippen molar-refractivity contribution in [2.75, 3.05) is 0 Å². The number of ether oxygens (including phenoxy) is 1. The summed E-state index contributed by atoms with van der Waals surface area (Å²) in [6.07, 6.45) is 1.69. The Morgan fingerprint density at radius 2 is 1.84 bits per heavy atom. The van der Waals surface area contributed by atoms with Crippen LogP contribution in [0.15, 0.2) is 30.5 Å². The molecule has 2 rings (SSSR count). The van der Waals surface area contributed by atoms with E-state index in [9.17, 15) is 0 Å². The average molecular weight is 277 g/mol. The summed E-state index contributed by atoms with van der Waals surface area (Å²) >= 11 is 6.00. The van der Waals surface area contributed by atoms with Gasteiger partial charge in [-0.1, -0.05) is 11.6 Å². The number of pyridine rings is 1. The Labute approximate surface area is 118 Å². The van der Waals surface area contributed by atoms with E-state index < -0.39 is 0 Å². The second kappa shape index (κ2) is 5.59. The van der Waals surface area contributed by atoms with Crippen LogP contribution in [-0.4, -0.2) is 4.98 Å². The second-order valence-corrected chi connectivity index (χ2v) is 5.11. The quantitative estimate of drug-likeness (QED) is 0.915. The number of hydrogen-bond acceptors (Lipinski definition) is 3. The molecule has 0 aliphatic rings. The molecule has 0 aliphatic carbocycles. The fourth-order valence-corrected chi connectivity index (χ4v) is 2.23. The van der Waals surface area contributed by atoms with Crippen molar-refractivity contribution in [1.82, 2.24) is 4.98 Å². The molecule has 0 saturated carbocycles. The third-order valence-electron chi connectivity index (χ3n) is 2.87. The molecule has 1 heterocycles. The summed E-state index contributed by atoms with van der Waals surface area (Å²) < 4.78 is 5.87. The molecule has 0 bridgehead atoms. The lowest BCUT2D eigenvalue weighted by molar-refractivity contribution is 0.472. The third kappa shape index (κ3) is 3.25. The van der Waals surface area contributed by atoms with Gasteiger partial charge in [-0.05, 0) is 56.2 Å². The molecule has 1 aromatic heterocycles. The molecule has 100 valence electrons. The number of halogens is 1. The lowest BCUT2D eigenvalue weighted by Gasteiger charge is -2.12. The first-order chi connectivity index (χ1) is 8.97. The summed E-state index contributed by atoms with van der Waals surface area (Å²) in [5.74, 6) is 1.51. The Bertz CT molecular complexity index is 556. The molecule has 19 heavy (non-hydrogen) atoms.